The zero-order chi connectivity index (χ0) is 17.6. The Hall–Kier alpha value is -2.91. The lowest BCUT2D eigenvalue weighted by Gasteiger charge is -2.24. The number of rotatable bonds is 3. The molecule has 4 aromatic rings. The van der Waals surface area contributed by atoms with Crippen LogP contribution in [0.5, 0.6) is 0 Å². The summed E-state index contributed by atoms with van der Waals surface area (Å²) in [6.45, 7) is 2.15. The Morgan fingerprint density at radius 1 is 0.885 bits per heavy atom. The first-order valence-electron chi connectivity index (χ1n) is 8.99. The third kappa shape index (κ3) is 2.36. The monoisotopic (exact) mass is 340 g/mol. The fourth-order valence-corrected chi connectivity index (χ4v) is 3.95. The predicted octanol–water partition coefficient (Wildman–Crippen LogP) is 5.07. The lowest BCUT2D eigenvalue weighted by atomic mass is 9.96. The van der Waals surface area contributed by atoms with E-state index in [0.717, 1.165) is 28.8 Å². The van der Waals surface area contributed by atoms with Crippen molar-refractivity contribution in [3.8, 4) is 0 Å². The number of aromatic nitrogens is 2. The van der Waals surface area contributed by atoms with Gasteiger partial charge in [0, 0.05) is 12.0 Å². The van der Waals surface area contributed by atoms with Crippen LogP contribution in [0.4, 0.5) is 0 Å². The lowest BCUT2D eigenvalue weighted by molar-refractivity contribution is -0.0616. The minimum absolute atomic E-state index is 0.160. The van der Waals surface area contributed by atoms with E-state index in [1.807, 2.05) is 18.2 Å². The minimum Gasteiger partial charge on any atom is -0.339 e. The van der Waals surface area contributed by atoms with E-state index in [0.29, 0.717) is 0 Å². The van der Waals surface area contributed by atoms with Gasteiger partial charge in [-0.05, 0) is 24.6 Å². The average molecular weight is 340 g/mol. The van der Waals surface area contributed by atoms with Crippen LogP contribution in [0.2, 0.25) is 0 Å². The van der Waals surface area contributed by atoms with Crippen molar-refractivity contribution in [2.75, 3.05) is 0 Å². The molecular formula is C23H20N2O. The van der Waals surface area contributed by atoms with Gasteiger partial charge < -0.3 is 4.74 Å². The molecule has 0 radical (unpaired) electrons. The summed E-state index contributed by atoms with van der Waals surface area (Å²) in [6.07, 6.45) is 0.632. The molecule has 0 aliphatic carbocycles. The van der Waals surface area contributed by atoms with Gasteiger partial charge in [-0.1, -0.05) is 72.8 Å². The van der Waals surface area contributed by atoms with Crippen molar-refractivity contribution in [2.45, 2.75) is 25.2 Å². The molecule has 2 atom stereocenters. The summed E-state index contributed by atoms with van der Waals surface area (Å²) >= 11 is 0. The minimum atomic E-state index is -0.471. The van der Waals surface area contributed by atoms with Crippen molar-refractivity contribution < 1.29 is 4.74 Å². The molecule has 0 spiro atoms. The summed E-state index contributed by atoms with van der Waals surface area (Å²) in [5, 5.41) is 0. The third-order valence-electron chi connectivity index (χ3n) is 5.14. The number of benzene rings is 3. The highest BCUT2D eigenvalue weighted by Crippen LogP contribution is 2.45. The SMILES string of the molecule is CC1(Cc2ccccc2)OC(c2ccccc2)n2c1nc1ccccc12. The van der Waals surface area contributed by atoms with E-state index in [2.05, 4.69) is 78.2 Å². The molecule has 1 aliphatic rings. The molecule has 3 aromatic carbocycles. The summed E-state index contributed by atoms with van der Waals surface area (Å²) in [5.41, 5.74) is 4.07. The van der Waals surface area contributed by atoms with Crippen LogP contribution in [-0.2, 0) is 16.8 Å². The van der Waals surface area contributed by atoms with Crippen LogP contribution in [0.1, 0.15) is 30.1 Å². The molecule has 0 fully saturated rings. The van der Waals surface area contributed by atoms with Crippen molar-refractivity contribution >= 4 is 11.0 Å². The van der Waals surface area contributed by atoms with E-state index in [1.54, 1.807) is 0 Å². The molecule has 2 heterocycles. The average Bonchev–Trinajstić information content (AvgIpc) is 3.20. The molecule has 0 amide bonds. The van der Waals surface area contributed by atoms with Crippen molar-refractivity contribution in [3.63, 3.8) is 0 Å². The maximum atomic E-state index is 6.66. The zero-order valence-electron chi connectivity index (χ0n) is 14.7. The summed E-state index contributed by atoms with van der Waals surface area (Å²) in [7, 11) is 0. The number of hydrogen-bond acceptors (Lipinski definition) is 2. The van der Waals surface area contributed by atoms with E-state index in [4.69, 9.17) is 9.72 Å². The Bertz CT molecular complexity index is 1060. The van der Waals surface area contributed by atoms with Gasteiger partial charge in [0.25, 0.3) is 0 Å². The fraction of sp³-hybridized carbons (Fsp3) is 0.174. The van der Waals surface area contributed by atoms with Gasteiger partial charge in [-0.3, -0.25) is 4.57 Å². The zero-order valence-corrected chi connectivity index (χ0v) is 14.7. The molecule has 128 valence electrons. The first-order chi connectivity index (χ1) is 12.7. The molecule has 5 rings (SSSR count). The van der Waals surface area contributed by atoms with E-state index < -0.39 is 5.60 Å². The van der Waals surface area contributed by atoms with E-state index >= 15 is 0 Å². The first-order valence-corrected chi connectivity index (χ1v) is 8.99. The maximum Gasteiger partial charge on any atom is 0.163 e. The molecule has 0 saturated carbocycles. The normalized spacial score (nSPS) is 21.8. The molecule has 26 heavy (non-hydrogen) atoms. The Labute approximate surface area is 152 Å². The van der Waals surface area contributed by atoms with Crippen molar-refractivity contribution in [1.82, 2.24) is 9.55 Å². The summed E-state index contributed by atoms with van der Waals surface area (Å²) < 4.78 is 8.92. The molecule has 2 unspecified atom stereocenters. The van der Waals surface area contributed by atoms with Crippen molar-refractivity contribution in [2.24, 2.45) is 0 Å². The van der Waals surface area contributed by atoms with Crippen molar-refractivity contribution in [1.29, 1.82) is 0 Å². The second-order valence-corrected chi connectivity index (χ2v) is 7.07. The molecule has 0 N–H and O–H groups in total. The summed E-state index contributed by atoms with van der Waals surface area (Å²) in [4.78, 5) is 4.96. The number of ether oxygens (including phenoxy) is 1. The molecule has 0 bridgehead atoms. The fourth-order valence-electron chi connectivity index (χ4n) is 3.95. The van der Waals surface area contributed by atoms with Gasteiger partial charge in [-0.15, -0.1) is 0 Å². The van der Waals surface area contributed by atoms with Gasteiger partial charge >= 0.3 is 0 Å². The van der Waals surface area contributed by atoms with Gasteiger partial charge in [0.2, 0.25) is 0 Å². The van der Waals surface area contributed by atoms with Crippen LogP contribution < -0.4 is 0 Å². The van der Waals surface area contributed by atoms with Crippen LogP contribution in [0, 0.1) is 0 Å². The van der Waals surface area contributed by atoms with Crippen LogP contribution in [0.25, 0.3) is 11.0 Å². The molecular weight excluding hydrogens is 320 g/mol. The number of hydrogen-bond donors (Lipinski definition) is 0. The van der Waals surface area contributed by atoms with E-state index in [1.165, 1.54) is 5.56 Å². The van der Waals surface area contributed by atoms with Crippen molar-refractivity contribution in [3.05, 3.63) is 102 Å². The number of imidazole rings is 1. The quantitative estimate of drug-likeness (QED) is 0.520. The Balaban J connectivity index is 1.68. The number of nitrogens with zero attached hydrogens (tertiary/aromatic N) is 2. The Kier molecular flexibility index (Phi) is 3.44. The van der Waals surface area contributed by atoms with E-state index in [-0.39, 0.29) is 6.23 Å². The van der Waals surface area contributed by atoms with Gasteiger partial charge in [0.05, 0.1) is 11.0 Å². The smallest absolute Gasteiger partial charge is 0.163 e. The largest absolute Gasteiger partial charge is 0.339 e. The third-order valence-corrected chi connectivity index (χ3v) is 5.14. The second-order valence-electron chi connectivity index (χ2n) is 7.07. The molecule has 3 heteroatoms. The lowest BCUT2D eigenvalue weighted by Crippen LogP contribution is -2.25. The standard InChI is InChI=1S/C23H20N2O/c1-23(16-17-10-4-2-5-11-17)22-24-19-14-8-9-15-20(19)25(22)21(26-23)18-12-6-3-7-13-18/h2-15,21H,16H2,1H3. The van der Waals surface area contributed by atoms with Crippen LogP contribution in [0.3, 0.4) is 0 Å². The molecule has 1 aliphatic heterocycles. The van der Waals surface area contributed by atoms with Gasteiger partial charge in [-0.2, -0.15) is 0 Å². The summed E-state index contributed by atoms with van der Waals surface area (Å²) in [5.74, 6) is 0.997. The second kappa shape index (κ2) is 5.82. The topological polar surface area (TPSA) is 27.1 Å². The number of para-hydroxylation sites is 2. The van der Waals surface area contributed by atoms with Gasteiger partial charge in [-0.25, -0.2) is 4.98 Å². The summed E-state index contributed by atoms with van der Waals surface area (Å²) in [6, 6.07) is 29.2. The highest BCUT2D eigenvalue weighted by atomic mass is 16.5. The van der Waals surface area contributed by atoms with E-state index in [9.17, 15) is 0 Å². The van der Waals surface area contributed by atoms with Gasteiger partial charge in [0.15, 0.2) is 6.23 Å². The predicted molar refractivity (Wildman–Crippen MR) is 103 cm³/mol. The highest BCUT2D eigenvalue weighted by molar-refractivity contribution is 5.76. The molecule has 1 aromatic heterocycles. The van der Waals surface area contributed by atoms with Crippen LogP contribution >= 0.6 is 0 Å². The maximum absolute atomic E-state index is 6.66. The Morgan fingerprint density at radius 3 is 2.31 bits per heavy atom. The van der Waals surface area contributed by atoms with Crippen LogP contribution in [0.15, 0.2) is 84.9 Å². The molecule has 3 nitrogen and oxygen atoms in total. The number of fused-ring (bicyclic) bond motifs is 3. The van der Waals surface area contributed by atoms with Gasteiger partial charge in [0.1, 0.15) is 11.4 Å². The molecule has 0 saturated heterocycles. The highest BCUT2D eigenvalue weighted by Gasteiger charge is 2.44. The Morgan fingerprint density at radius 2 is 1.54 bits per heavy atom. The first kappa shape index (κ1) is 15.4. The van der Waals surface area contributed by atoms with Crippen LogP contribution in [-0.4, -0.2) is 9.55 Å².